The highest BCUT2D eigenvalue weighted by Crippen LogP contribution is 2.27. The molecule has 0 bridgehead atoms. The molecule has 6 nitrogen and oxygen atoms in total. The van der Waals surface area contributed by atoms with Crippen LogP contribution in [0.2, 0.25) is 0 Å². The van der Waals surface area contributed by atoms with Crippen molar-refractivity contribution in [2.45, 2.75) is 32.2 Å². The molecule has 20 heavy (non-hydrogen) atoms. The van der Waals surface area contributed by atoms with Crippen molar-refractivity contribution in [2.24, 2.45) is 5.92 Å². The Balaban J connectivity index is 1.90. The molecule has 1 heterocycles. The Morgan fingerprint density at radius 3 is 2.65 bits per heavy atom. The van der Waals surface area contributed by atoms with Crippen molar-refractivity contribution in [1.82, 2.24) is 5.32 Å². The van der Waals surface area contributed by atoms with Gasteiger partial charge in [0.15, 0.2) is 0 Å². The minimum Gasteiger partial charge on any atom is -0.481 e. The van der Waals surface area contributed by atoms with Gasteiger partial charge in [0.2, 0.25) is 5.91 Å². The molecule has 1 aromatic rings. The van der Waals surface area contributed by atoms with Gasteiger partial charge in [-0.15, -0.1) is 11.3 Å². The zero-order chi connectivity index (χ0) is 14.7. The predicted octanol–water partition coefficient (Wildman–Crippen LogP) is 1.69. The number of rotatable bonds is 4. The maximum absolute atomic E-state index is 12.0. The Labute approximate surface area is 120 Å². The first-order valence-electron chi connectivity index (χ1n) is 6.37. The van der Waals surface area contributed by atoms with Crippen molar-refractivity contribution in [1.29, 1.82) is 0 Å². The first kappa shape index (κ1) is 14.5. The highest BCUT2D eigenvalue weighted by Gasteiger charge is 2.30. The normalized spacial score (nSPS) is 21.4. The van der Waals surface area contributed by atoms with Crippen LogP contribution in [0.3, 0.4) is 0 Å². The summed E-state index contributed by atoms with van der Waals surface area (Å²) >= 11 is 1.20. The van der Waals surface area contributed by atoms with Crippen LogP contribution in [0.4, 0.5) is 5.00 Å². The molecule has 0 radical (unpaired) electrons. The fraction of sp³-hybridized carbons (Fsp3) is 0.462. The smallest absolute Gasteiger partial charge is 0.306 e. The Morgan fingerprint density at radius 2 is 2.05 bits per heavy atom. The summed E-state index contributed by atoms with van der Waals surface area (Å²) in [5, 5.41) is 15.0. The molecule has 0 spiro atoms. The number of hydrogen-bond acceptors (Lipinski definition) is 4. The van der Waals surface area contributed by atoms with Gasteiger partial charge in [0.1, 0.15) is 0 Å². The molecule has 2 amide bonds. The minimum absolute atomic E-state index is 0.0880. The van der Waals surface area contributed by atoms with Crippen molar-refractivity contribution in [3.8, 4) is 0 Å². The number of carboxylic acid groups (broad SMARTS) is 1. The average Bonchev–Trinajstić information content (AvgIpc) is 2.97. The van der Waals surface area contributed by atoms with Crippen molar-refractivity contribution >= 4 is 34.1 Å². The third-order valence-corrected chi connectivity index (χ3v) is 4.25. The summed E-state index contributed by atoms with van der Waals surface area (Å²) in [7, 11) is 0. The molecule has 0 aliphatic heterocycles. The number of hydrogen-bond donors (Lipinski definition) is 3. The van der Waals surface area contributed by atoms with Gasteiger partial charge < -0.3 is 15.7 Å². The molecule has 0 saturated heterocycles. The zero-order valence-electron chi connectivity index (χ0n) is 11.0. The van der Waals surface area contributed by atoms with Crippen molar-refractivity contribution in [3.63, 3.8) is 0 Å². The molecule has 0 aromatic carbocycles. The number of nitrogens with one attached hydrogen (secondary N) is 2. The van der Waals surface area contributed by atoms with Gasteiger partial charge in [-0.2, -0.15) is 0 Å². The van der Waals surface area contributed by atoms with E-state index in [-0.39, 0.29) is 23.8 Å². The summed E-state index contributed by atoms with van der Waals surface area (Å²) in [6, 6.07) is 3.24. The molecule has 3 N–H and O–H groups in total. The van der Waals surface area contributed by atoms with Crippen LogP contribution in [0.5, 0.6) is 0 Å². The molecule has 1 aliphatic rings. The molecule has 108 valence electrons. The molecule has 1 aromatic heterocycles. The fourth-order valence-corrected chi connectivity index (χ4v) is 3.15. The summed E-state index contributed by atoms with van der Waals surface area (Å²) in [6.45, 7) is 1.41. The summed E-state index contributed by atoms with van der Waals surface area (Å²) in [5.41, 5.74) is 0. The quantitative estimate of drug-likeness (QED) is 0.788. The molecule has 2 unspecified atom stereocenters. The average molecular weight is 296 g/mol. The van der Waals surface area contributed by atoms with E-state index in [1.54, 1.807) is 12.1 Å². The van der Waals surface area contributed by atoms with E-state index in [1.165, 1.54) is 18.3 Å². The van der Waals surface area contributed by atoms with Gasteiger partial charge in [-0.25, -0.2) is 0 Å². The Bertz CT molecular complexity index is 540. The van der Waals surface area contributed by atoms with E-state index in [1.807, 2.05) is 0 Å². The molecular weight excluding hydrogens is 280 g/mol. The lowest BCUT2D eigenvalue weighted by atomic mass is 10.1. The van der Waals surface area contributed by atoms with Gasteiger partial charge in [-0.05, 0) is 31.4 Å². The van der Waals surface area contributed by atoms with E-state index in [0.29, 0.717) is 29.1 Å². The molecule has 1 saturated carbocycles. The van der Waals surface area contributed by atoms with Crippen molar-refractivity contribution < 1.29 is 19.5 Å². The number of carbonyl (C=O) groups excluding carboxylic acids is 2. The van der Waals surface area contributed by atoms with Gasteiger partial charge >= 0.3 is 5.97 Å². The number of amides is 2. The van der Waals surface area contributed by atoms with E-state index >= 15 is 0 Å². The minimum atomic E-state index is -0.800. The SMILES string of the molecule is CC(=O)Nc1ccc(C(=O)NC2CCC(C(=O)O)C2)s1. The van der Waals surface area contributed by atoms with Gasteiger partial charge in [-0.1, -0.05) is 0 Å². The highest BCUT2D eigenvalue weighted by molar-refractivity contribution is 7.18. The van der Waals surface area contributed by atoms with Crippen LogP contribution in [-0.2, 0) is 9.59 Å². The number of anilines is 1. The van der Waals surface area contributed by atoms with E-state index in [0.717, 1.165) is 0 Å². The molecule has 7 heteroatoms. The van der Waals surface area contributed by atoms with Crippen LogP contribution in [0.1, 0.15) is 35.9 Å². The van der Waals surface area contributed by atoms with E-state index < -0.39 is 5.97 Å². The summed E-state index contributed by atoms with van der Waals surface area (Å²) in [6.07, 6.45) is 1.76. The fourth-order valence-electron chi connectivity index (χ4n) is 2.29. The Hall–Kier alpha value is -1.89. The number of thiophene rings is 1. The van der Waals surface area contributed by atoms with Crippen molar-refractivity contribution in [3.05, 3.63) is 17.0 Å². The Kier molecular flexibility index (Phi) is 4.39. The molecule has 2 atom stereocenters. The monoisotopic (exact) mass is 296 g/mol. The van der Waals surface area contributed by atoms with Gasteiger partial charge in [-0.3, -0.25) is 14.4 Å². The Morgan fingerprint density at radius 1 is 1.30 bits per heavy atom. The first-order valence-corrected chi connectivity index (χ1v) is 7.18. The molecule has 1 aliphatic carbocycles. The summed E-state index contributed by atoms with van der Waals surface area (Å²) in [4.78, 5) is 34.3. The number of carbonyl (C=O) groups is 3. The number of carboxylic acids is 1. The van der Waals surface area contributed by atoms with Gasteiger partial charge in [0, 0.05) is 13.0 Å². The first-order chi connectivity index (χ1) is 9.45. The number of aliphatic carboxylic acids is 1. The van der Waals surface area contributed by atoms with E-state index in [9.17, 15) is 14.4 Å². The lowest BCUT2D eigenvalue weighted by Crippen LogP contribution is -2.32. The molecule has 1 fully saturated rings. The van der Waals surface area contributed by atoms with Gasteiger partial charge in [0.25, 0.3) is 5.91 Å². The standard InChI is InChI=1S/C13H16N2O4S/c1-7(16)14-11-5-4-10(20-11)12(17)15-9-3-2-8(6-9)13(18)19/h4-5,8-9H,2-3,6H2,1H3,(H,14,16)(H,15,17)(H,18,19). The van der Waals surface area contributed by atoms with Crippen LogP contribution in [0, 0.1) is 5.92 Å². The second-order valence-electron chi connectivity index (χ2n) is 4.86. The summed E-state index contributed by atoms with van der Waals surface area (Å²) in [5.74, 6) is -1.56. The lowest BCUT2D eigenvalue weighted by Gasteiger charge is -2.11. The zero-order valence-corrected chi connectivity index (χ0v) is 11.8. The predicted molar refractivity (Wildman–Crippen MR) is 74.9 cm³/mol. The maximum Gasteiger partial charge on any atom is 0.306 e. The van der Waals surface area contributed by atoms with Crippen molar-refractivity contribution in [2.75, 3.05) is 5.32 Å². The second-order valence-corrected chi connectivity index (χ2v) is 5.95. The largest absolute Gasteiger partial charge is 0.481 e. The van der Waals surface area contributed by atoms with E-state index in [2.05, 4.69) is 10.6 Å². The third-order valence-electron chi connectivity index (χ3n) is 3.25. The third kappa shape index (κ3) is 3.57. The second kappa shape index (κ2) is 6.04. The summed E-state index contributed by atoms with van der Waals surface area (Å²) < 4.78 is 0. The lowest BCUT2D eigenvalue weighted by molar-refractivity contribution is -0.141. The van der Waals surface area contributed by atoms with Crippen LogP contribution < -0.4 is 10.6 Å². The van der Waals surface area contributed by atoms with Gasteiger partial charge in [0.05, 0.1) is 15.8 Å². The van der Waals surface area contributed by atoms with Crippen LogP contribution >= 0.6 is 11.3 Å². The molecular formula is C13H16N2O4S. The van der Waals surface area contributed by atoms with E-state index in [4.69, 9.17) is 5.11 Å². The van der Waals surface area contributed by atoms with Crippen LogP contribution in [0.15, 0.2) is 12.1 Å². The molecule has 2 rings (SSSR count). The highest BCUT2D eigenvalue weighted by atomic mass is 32.1. The van der Waals surface area contributed by atoms with Crippen LogP contribution in [0.25, 0.3) is 0 Å². The topological polar surface area (TPSA) is 95.5 Å². The maximum atomic E-state index is 12.0. The van der Waals surface area contributed by atoms with Crippen LogP contribution in [-0.4, -0.2) is 28.9 Å².